The van der Waals surface area contributed by atoms with Crippen LogP contribution in [0.2, 0.25) is 0 Å². The van der Waals surface area contributed by atoms with Gasteiger partial charge in [0, 0.05) is 18.7 Å². The standard InChI is InChI=1S/C15H24N2O3S/c1-3-5-10-16-15(18)13-8-7-9-14(12-13)21(19,20)17-11-6-4-2/h7-9,12,17H,3-6,10-11H2,1-2H3,(H,16,18). The number of hydrogen-bond acceptors (Lipinski definition) is 3. The zero-order chi connectivity index (χ0) is 15.7. The van der Waals surface area contributed by atoms with Crippen LogP contribution in [0.1, 0.15) is 49.9 Å². The van der Waals surface area contributed by atoms with Gasteiger partial charge in [0.05, 0.1) is 4.90 Å². The lowest BCUT2D eigenvalue weighted by atomic mass is 10.2. The predicted octanol–water partition coefficient (Wildman–Crippen LogP) is 2.29. The molecule has 0 radical (unpaired) electrons. The van der Waals surface area contributed by atoms with E-state index in [0.717, 1.165) is 25.7 Å². The molecule has 1 aromatic carbocycles. The minimum Gasteiger partial charge on any atom is -0.352 e. The van der Waals surface area contributed by atoms with E-state index < -0.39 is 10.0 Å². The van der Waals surface area contributed by atoms with Gasteiger partial charge in [0.2, 0.25) is 10.0 Å². The highest BCUT2D eigenvalue weighted by Crippen LogP contribution is 2.11. The zero-order valence-corrected chi connectivity index (χ0v) is 13.5. The molecule has 0 bridgehead atoms. The van der Waals surface area contributed by atoms with Crippen LogP contribution in [-0.4, -0.2) is 27.4 Å². The topological polar surface area (TPSA) is 75.3 Å². The second-order valence-corrected chi connectivity index (χ2v) is 6.66. The molecule has 1 aromatic rings. The van der Waals surface area contributed by atoms with E-state index in [2.05, 4.69) is 10.0 Å². The van der Waals surface area contributed by atoms with Crippen molar-refractivity contribution in [3.05, 3.63) is 29.8 Å². The minimum absolute atomic E-state index is 0.127. The van der Waals surface area contributed by atoms with Crippen LogP contribution in [-0.2, 0) is 10.0 Å². The second kappa shape index (κ2) is 8.79. The predicted molar refractivity (Wildman–Crippen MR) is 83.8 cm³/mol. The summed E-state index contributed by atoms with van der Waals surface area (Å²) in [6, 6.07) is 6.11. The Kier molecular flexibility index (Phi) is 7.39. The van der Waals surface area contributed by atoms with Crippen LogP contribution in [0.25, 0.3) is 0 Å². The maximum absolute atomic E-state index is 12.1. The molecule has 2 N–H and O–H groups in total. The van der Waals surface area contributed by atoms with E-state index in [9.17, 15) is 13.2 Å². The van der Waals surface area contributed by atoms with Crippen LogP contribution in [0, 0.1) is 0 Å². The summed E-state index contributed by atoms with van der Waals surface area (Å²) in [7, 11) is -3.54. The van der Waals surface area contributed by atoms with Gasteiger partial charge >= 0.3 is 0 Å². The van der Waals surface area contributed by atoms with Crippen molar-refractivity contribution in [3.63, 3.8) is 0 Å². The highest BCUT2D eigenvalue weighted by atomic mass is 32.2. The lowest BCUT2D eigenvalue weighted by Gasteiger charge is -2.08. The molecular weight excluding hydrogens is 288 g/mol. The average Bonchev–Trinajstić information content (AvgIpc) is 2.47. The molecule has 0 saturated carbocycles. The molecule has 0 saturated heterocycles. The molecule has 1 amide bonds. The molecule has 6 heteroatoms. The minimum atomic E-state index is -3.54. The summed E-state index contributed by atoms with van der Waals surface area (Å²) in [5.74, 6) is -0.242. The van der Waals surface area contributed by atoms with Gasteiger partial charge in [-0.3, -0.25) is 4.79 Å². The molecule has 21 heavy (non-hydrogen) atoms. The van der Waals surface area contributed by atoms with E-state index in [1.807, 2.05) is 13.8 Å². The van der Waals surface area contributed by atoms with E-state index in [1.54, 1.807) is 12.1 Å². The molecule has 0 aliphatic heterocycles. The largest absolute Gasteiger partial charge is 0.352 e. The van der Waals surface area contributed by atoms with Crippen molar-refractivity contribution in [2.75, 3.05) is 13.1 Å². The number of carbonyl (C=O) groups is 1. The Hall–Kier alpha value is -1.40. The zero-order valence-electron chi connectivity index (χ0n) is 12.7. The van der Waals surface area contributed by atoms with Gasteiger partial charge in [0.25, 0.3) is 5.91 Å². The van der Waals surface area contributed by atoms with E-state index in [-0.39, 0.29) is 10.8 Å². The Morgan fingerprint density at radius 3 is 2.43 bits per heavy atom. The fourth-order valence-corrected chi connectivity index (χ4v) is 2.87. The highest BCUT2D eigenvalue weighted by molar-refractivity contribution is 7.89. The molecule has 5 nitrogen and oxygen atoms in total. The monoisotopic (exact) mass is 312 g/mol. The van der Waals surface area contributed by atoms with Crippen molar-refractivity contribution in [1.82, 2.24) is 10.0 Å². The van der Waals surface area contributed by atoms with Gasteiger partial charge in [0.1, 0.15) is 0 Å². The van der Waals surface area contributed by atoms with E-state index in [1.165, 1.54) is 12.1 Å². The van der Waals surface area contributed by atoms with Crippen LogP contribution in [0.5, 0.6) is 0 Å². The van der Waals surface area contributed by atoms with Gasteiger partial charge in [-0.05, 0) is 31.0 Å². The molecule has 0 aliphatic rings. The molecule has 0 aliphatic carbocycles. The Labute approximate surface area is 127 Å². The number of amides is 1. The summed E-state index contributed by atoms with van der Waals surface area (Å²) in [4.78, 5) is 12.1. The Morgan fingerprint density at radius 2 is 1.76 bits per heavy atom. The Balaban J connectivity index is 2.77. The van der Waals surface area contributed by atoms with Crippen molar-refractivity contribution in [1.29, 1.82) is 0 Å². The molecular formula is C15H24N2O3S. The third kappa shape index (κ3) is 5.85. The Morgan fingerprint density at radius 1 is 1.10 bits per heavy atom. The lowest BCUT2D eigenvalue weighted by molar-refractivity contribution is 0.0953. The van der Waals surface area contributed by atoms with Crippen molar-refractivity contribution in [2.45, 2.75) is 44.4 Å². The first-order chi connectivity index (χ1) is 10.0. The number of nitrogens with one attached hydrogen (secondary N) is 2. The smallest absolute Gasteiger partial charge is 0.251 e. The summed E-state index contributed by atoms with van der Waals surface area (Å²) in [6.45, 7) is 5.05. The summed E-state index contributed by atoms with van der Waals surface area (Å²) in [6.07, 6.45) is 3.61. The Bertz CT molecular complexity index is 556. The van der Waals surface area contributed by atoms with Crippen molar-refractivity contribution in [3.8, 4) is 0 Å². The van der Waals surface area contributed by atoms with Crippen molar-refractivity contribution >= 4 is 15.9 Å². The van der Waals surface area contributed by atoms with Crippen molar-refractivity contribution in [2.24, 2.45) is 0 Å². The summed E-state index contributed by atoms with van der Waals surface area (Å²) < 4.78 is 26.7. The maximum atomic E-state index is 12.1. The number of sulfonamides is 1. The summed E-state index contributed by atoms with van der Waals surface area (Å²) in [5.41, 5.74) is 0.365. The number of hydrogen-bond donors (Lipinski definition) is 2. The summed E-state index contributed by atoms with van der Waals surface area (Å²) >= 11 is 0. The van der Waals surface area contributed by atoms with Crippen molar-refractivity contribution < 1.29 is 13.2 Å². The third-order valence-electron chi connectivity index (χ3n) is 3.04. The molecule has 0 atom stereocenters. The van der Waals surface area contributed by atoms with Crippen LogP contribution in [0.4, 0.5) is 0 Å². The fourth-order valence-electron chi connectivity index (χ4n) is 1.75. The highest BCUT2D eigenvalue weighted by Gasteiger charge is 2.15. The molecule has 0 fully saturated rings. The second-order valence-electron chi connectivity index (χ2n) is 4.89. The maximum Gasteiger partial charge on any atom is 0.251 e. The van der Waals surface area contributed by atoms with E-state index in [4.69, 9.17) is 0 Å². The lowest BCUT2D eigenvalue weighted by Crippen LogP contribution is -2.26. The first-order valence-corrected chi connectivity index (χ1v) is 8.87. The van der Waals surface area contributed by atoms with Crippen LogP contribution in [0.15, 0.2) is 29.2 Å². The summed E-state index contributed by atoms with van der Waals surface area (Å²) in [5, 5.41) is 2.78. The fraction of sp³-hybridized carbons (Fsp3) is 0.533. The number of unbranched alkanes of at least 4 members (excludes halogenated alkanes) is 2. The third-order valence-corrected chi connectivity index (χ3v) is 4.50. The first kappa shape index (κ1) is 17.7. The van der Waals surface area contributed by atoms with E-state index in [0.29, 0.717) is 18.7 Å². The average molecular weight is 312 g/mol. The van der Waals surface area contributed by atoms with Crippen LogP contribution >= 0.6 is 0 Å². The number of carbonyl (C=O) groups excluding carboxylic acids is 1. The molecule has 0 aromatic heterocycles. The van der Waals surface area contributed by atoms with Gasteiger partial charge in [-0.25, -0.2) is 13.1 Å². The van der Waals surface area contributed by atoms with Gasteiger partial charge in [-0.1, -0.05) is 32.8 Å². The van der Waals surface area contributed by atoms with Gasteiger partial charge in [-0.2, -0.15) is 0 Å². The number of benzene rings is 1. The first-order valence-electron chi connectivity index (χ1n) is 7.39. The van der Waals surface area contributed by atoms with Crippen LogP contribution in [0.3, 0.4) is 0 Å². The van der Waals surface area contributed by atoms with Gasteiger partial charge in [-0.15, -0.1) is 0 Å². The molecule has 0 heterocycles. The SMILES string of the molecule is CCCCNC(=O)c1cccc(S(=O)(=O)NCCCC)c1. The molecule has 0 unspecified atom stereocenters. The van der Waals surface area contributed by atoms with Gasteiger partial charge < -0.3 is 5.32 Å². The molecule has 118 valence electrons. The quantitative estimate of drug-likeness (QED) is 0.687. The van der Waals surface area contributed by atoms with Crippen LogP contribution < -0.4 is 10.0 Å². The molecule has 0 spiro atoms. The normalized spacial score (nSPS) is 11.3. The van der Waals surface area contributed by atoms with Gasteiger partial charge in [0.15, 0.2) is 0 Å². The molecule has 1 rings (SSSR count). The number of rotatable bonds is 9. The van der Waals surface area contributed by atoms with E-state index >= 15 is 0 Å².